The van der Waals surface area contributed by atoms with Gasteiger partial charge in [0.25, 0.3) is 5.91 Å². The molecule has 2 atom stereocenters. The highest BCUT2D eigenvalue weighted by Crippen LogP contribution is 2.23. The van der Waals surface area contributed by atoms with E-state index in [2.05, 4.69) is 15.5 Å². The summed E-state index contributed by atoms with van der Waals surface area (Å²) < 4.78 is 0. The van der Waals surface area contributed by atoms with Crippen LogP contribution in [0, 0.1) is 5.92 Å². The standard InChI is InChI=1S/C20H27N5O2.ClH/c1-21-17-5-3-9-25(13-17)20(27)15-4-2-8-24(12-15)19(26)14-6-7-18-16(10-14)11-22-23-18;/h6-7,10-11,15,17,21H,2-5,8-9,12-13H2,1H3,(H,22,23);1H. The predicted molar refractivity (Wildman–Crippen MR) is 111 cm³/mol. The van der Waals surface area contributed by atoms with Crippen molar-refractivity contribution >= 4 is 35.1 Å². The molecule has 0 saturated carbocycles. The molecule has 1 aromatic carbocycles. The molecular weight excluding hydrogens is 378 g/mol. The highest BCUT2D eigenvalue weighted by Gasteiger charge is 2.33. The molecule has 2 aliphatic heterocycles. The number of likely N-dealkylation sites (N-methyl/N-ethyl adjacent to an activating group) is 1. The number of aromatic amines is 1. The van der Waals surface area contributed by atoms with Gasteiger partial charge < -0.3 is 15.1 Å². The molecule has 2 aromatic rings. The molecule has 28 heavy (non-hydrogen) atoms. The third-order valence-corrected chi connectivity index (χ3v) is 5.89. The Balaban J connectivity index is 0.00000225. The van der Waals surface area contributed by atoms with Crippen LogP contribution < -0.4 is 5.32 Å². The predicted octanol–water partition coefficient (Wildman–Crippen LogP) is 2.05. The minimum Gasteiger partial charge on any atom is -0.341 e. The van der Waals surface area contributed by atoms with E-state index in [4.69, 9.17) is 0 Å². The zero-order valence-electron chi connectivity index (χ0n) is 16.2. The first-order chi connectivity index (χ1) is 13.2. The van der Waals surface area contributed by atoms with Gasteiger partial charge in [-0.3, -0.25) is 14.7 Å². The maximum absolute atomic E-state index is 13.0. The van der Waals surface area contributed by atoms with Gasteiger partial charge in [0, 0.05) is 43.2 Å². The molecular formula is C20H28ClN5O2. The van der Waals surface area contributed by atoms with Crippen molar-refractivity contribution in [3.05, 3.63) is 30.0 Å². The van der Waals surface area contributed by atoms with E-state index in [1.54, 1.807) is 6.20 Å². The number of aromatic nitrogens is 2. The molecule has 3 heterocycles. The number of carbonyl (C=O) groups excluding carboxylic acids is 2. The number of fused-ring (bicyclic) bond motifs is 1. The van der Waals surface area contributed by atoms with Gasteiger partial charge in [0.1, 0.15) is 0 Å². The van der Waals surface area contributed by atoms with E-state index in [1.807, 2.05) is 35.0 Å². The van der Waals surface area contributed by atoms with Gasteiger partial charge in [0.15, 0.2) is 0 Å². The Morgan fingerprint density at radius 1 is 1.14 bits per heavy atom. The van der Waals surface area contributed by atoms with Crippen molar-refractivity contribution in [2.24, 2.45) is 5.92 Å². The number of rotatable bonds is 3. The second kappa shape index (κ2) is 8.92. The lowest BCUT2D eigenvalue weighted by atomic mass is 9.94. The molecule has 0 bridgehead atoms. The van der Waals surface area contributed by atoms with E-state index in [0.29, 0.717) is 24.7 Å². The molecule has 2 aliphatic rings. The number of hydrogen-bond acceptors (Lipinski definition) is 4. The zero-order chi connectivity index (χ0) is 18.8. The Bertz CT molecular complexity index is 839. The van der Waals surface area contributed by atoms with Crippen LogP contribution in [-0.4, -0.2) is 71.1 Å². The molecule has 7 nitrogen and oxygen atoms in total. The Morgan fingerprint density at radius 2 is 1.93 bits per heavy atom. The first kappa shape index (κ1) is 20.6. The van der Waals surface area contributed by atoms with Crippen LogP contribution in [0.2, 0.25) is 0 Å². The molecule has 0 aliphatic carbocycles. The number of H-pyrrole nitrogens is 1. The SMILES string of the molecule is CNC1CCCN(C(=O)C2CCCN(C(=O)c3ccc4[nH]ncc4c3)C2)C1.Cl. The van der Waals surface area contributed by atoms with Gasteiger partial charge in [-0.2, -0.15) is 5.10 Å². The van der Waals surface area contributed by atoms with Crippen molar-refractivity contribution in [3.63, 3.8) is 0 Å². The van der Waals surface area contributed by atoms with E-state index in [1.165, 1.54) is 0 Å². The van der Waals surface area contributed by atoms with Crippen molar-refractivity contribution in [2.75, 3.05) is 33.2 Å². The number of halogens is 1. The molecule has 0 spiro atoms. The summed E-state index contributed by atoms with van der Waals surface area (Å²) >= 11 is 0. The van der Waals surface area contributed by atoms with Gasteiger partial charge in [-0.15, -0.1) is 12.4 Å². The van der Waals surface area contributed by atoms with Crippen LogP contribution in [0.3, 0.4) is 0 Å². The van der Waals surface area contributed by atoms with Crippen LogP contribution in [0.4, 0.5) is 0 Å². The quantitative estimate of drug-likeness (QED) is 0.818. The Kier molecular flexibility index (Phi) is 6.57. The van der Waals surface area contributed by atoms with Crippen LogP contribution in [0.15, 0.2) is 24.4 Å². The van der Waals surface area contributed by atoms with Crippen LogP contribution >= 0.6 is 12.4 Å². The van der Waals surface area contributed by atoms with Crippen LogP contribution in [0.25, 0.3) is 10.9 Å². The number of likely N-dealkylation sites (tertiary alicyclic amines) is 2. The zero-order valence-corrected chi connectivity index (χ0v) is 17.0. The summed E-state index contributed by atoms with van der Waals surface area (Å²) in [6, 6.07) is 5.96. The number of carbonyl (C=O) groups is 2. The first-order valence-electron chi connectivity index (χ1n) is 9.84. The maximum atomic E-state index is 13.0. The van der Waals surface area contributed by atoms with Crippen LogP contribution in [-0.2, 0) is 4.79 Å². The molecule has 2 saturated heterocycles. The fourth-order valence-electron chi connectivity index (χ4n) is 4.29. The topological polar surface area (TPSA) is 81.3 Å². The molecule has 1 aromatic heterocycles. The highest BCUT2D eigenvalue weighted by atomic mass is 35.5. The van der Waals surface area contributed by atoms with Crippen LogP contribution in [0.5, 0.6) is 0 Å². The van der Waals surface area contributed by atoms with E-state index in [9.17, 15) is 9.59 Å². The fourth-order valence-corrected chi connectivity index (χ4v) is 4.29. The summed E-state index contributed by atoms with van der Waals surface area (Å²) in [7, 11) is 1.95. The van der Waals surface area contributed by atoms with Gasteiger partial charge >= 0.3 is 0 Å². The molecule has 2 N–H and O–H groups in total. The number of nitrogens with one attached hydrogen (secondary N) is 2. The molecule has 2 amide bonds. The van der Waals surface area contributed by atoms with E-state index in [0.717, 1.165) is 49.7 Å². The number of benzene rings is 1. The first-order valence-corrected chi connectivity index (χ1v) is 9.84. The summed E-state index contributed by atoms with van der Waals surface area (Å²) in [6.45, 7) is 2.84. The minimum absolute atomic E-state index is 0. The number of amides is 2. The smallest absolute Gasteiger partial charge is 0.253 e. The lowest BCUT2D eigenvalue weighted by Crippen LogP contribution is -2.52. The Labute approximate surface area is 171 Å². The summed E-state index contributed by atoms with van der Waals surface area (Å²) in [5, 5.41) is 11.1. The number of piperidine rings is 2. The highest BCUT2D eigenvalue weighted by molar-refractivity contribution is 5.98. The average Bonchev–Trinajstić information content (AvgIpc) is 3.20. The fraction of sp³-hybridized carbons (Fsp3) is 0.550. The third-order valence-electron chi connectivity index (χ3n) is 5.89. The monoisotopic (exact) mass is 405 g/mol. The largest absolute Gasteiger partial charge is 0.341 e. The van der Waals surface area contributed by atoms with Gasteiger partial charge in [0.05, 0.1) is 17.6 Å². The summed E-state index contributed by atoms with van der Waals surface area (Å²) in [5.74, 6) is 0.121. The van der Waals surface area contributed by atoms with Crippen LogP contribution in [0.1, 0.15) is 36.0 Å². The van der Waals surface area contributed by atoms with E-state index < -0.39 is 0 Å². The normalized spacial score (nSPS) is 22.8. The molecule has 8 heteroatoms. The van der Waals surface area contributed by atoms with Gasteiger partial charge in [-0.05, 0) is 50.9 Å². The molecule has 2 unspecified atom stereocenters. The van der Waals surface area contributed by atoms with E-state index >= 15 is 0 Å². The molecule has 4 rings (SSSR count). The minimum atomic E-state index is -0.0871. The van der Waals surface area contributed by atoms with Crippen molar-refractivity contribution in [2.45, 2.75) is 31.7 Å². The van der Waals surface area contributed by atoms with Gasteiger partial charge in [-0.25, -0.2) is 0 Å². The molecule has 152 valence electrons. The van der Waals surface area contributed by atoms with Gasteiger partial charge in [-0.1, -0.05) is 0 Å². The third kappa shape index (κ3) is 4.15. The second-order valence-electron chi connectivity index (χ2n) is 7.67. The van der Waals surface area contributed by atoms with Crippen molar-refractivity contribution in [1.29, 1.82) is 0 Å². The molecule has 2 fully saturated rings. The van der Waals surface area contributed by atoms with Crippen molar-refractivity contribution in [1.82, 2.24) is 25.3 Å². The lowest BCUT2D eigenvalue weighted by molar-refractivity contribution is -0.138. The van der Waals surface area contributed by atoms with Crippen molar-refractivity contribution < 1.29 is 9.59 Å². The maximum Gasteiger partial charge on any atom is 0.253 e. The number of nitrogens with zero attached hydrogens (tertiary/aromatic N) is 3. The van der Waals surface area contributed by atoms with Gasteiger partial charge in [0.2, 0.25) is 5.91 Å². The lowest BCUT2D eigenvalue weighted by Gasteiger charge is -2.38. The Hall–Kier alpha value is -2.12. The van der Waals surface area contributed by atoms with Crippen molar-refractivity contribution in [3.8, 4) is 0 Å². The molecule has 0 radical (unpaired) electrons. The number of hydrogen-bond donors (Lipinski definition) is 2. The second-order valence-corrected chi connectivity index (χ2v) is 7.67. The Morgan fingerprint density at radius 3 is 2.75 bits per heavy atom. The average molecular weight is 406 g/mol. The summed E-state index contributed by atoms with van der Waals surface area (Å²) in [5.41, 5.74) is 1.58. The van der Waals surface area contributed by atoms with E-state index in [-0.39, 0.29) is 30.1 Å². The summed E-state index contributed by atoms with van der Waals surface area (Å²) in [6.07, 6.45) is 5.62. The summed E-state index contributed by atoms with van der Waals surface area (Å²) in [4.78, 5) is 29.8.